The second kappa shape index (κ2) is 8.37. The van der Waals surface area contributed by atoms with E-state index in [0.29, 0.717) is 0 Å². The summed E-state index contributed by atoms with van der Waals surface area (Å²) < 4.78 is 61.4. The summed E-state index contributed by atoms with van der Waals surface area (Å²) in [6.07, 6.45) is 0. The minimum absolute atomic E-state index is 0. The molecule has 0 saturated heterocycles. The fraction of sp³-hybridized carbons (Fsp3) is 0. The van der Waals surface area contributed by atoms with Crippen LogP contribution in [0.5, 0.6) is 0 Å². The molecule has 0 unspecified atom stereocenters. The molecule has 0 amide bonds. The molecular formula is C12H11NaO6S4. The van der Waals surface area contributed by atoms with Gasteiger partial charge in [0.2, 0.25) is 0 Å². The van der Waals surface area contributed by atoms with E-state index in [1.165, 1.54) is 45.9 Å². The third-order valence-corrected chi connectivity index (χ3v) is 6.63. The van der Waals surface area contributed by atoms with Gasteiger partial charge in [0.25, 0.3) is 20.2 Å². The maximum atomic E-state index is 10.9. The fourth-order valence-electron chi connectivity index (χ4n) is 1.43. The van der Waals surface area contributed by atoms with E-state index in [-0.39, 0.29) is 39.3 Å². The zero-order valence-corrected chi connectivity index (χ0v) is 14.0. The van der Waals surface area contributed by atoms with Crippen LogP contribution in [0.4, 0.5) is 0 Å². The zero-order valence-electron chi connectivity index (χ0n) is 10.8. The first-order valence-electron chi connectivity index (χ1n) is 5.66. The Morgan fingerprint density at radius 2 is 0.870 bits per heavy atom. The van der Waals surface area contributed by atoms with E-state index < -0.39 is 20.2 Å². The molecule has 2 aromatic carbocycles. The Morgan fingerprint density at radius 1 is 0.609 bits per heavy atom. The molecule has 23 heavy (non-hydrogen) atoms. The number of hydrogen-bond acceptors (Lipinski definition) is 6. The molecule has 0 fully saturated rings. The van der Waals surface area contributed by atoms with Crippen molar-refractivity contribution >= 4 is 71.4 Å². The molecule has 0 aromatic heterocycles. The first-order chi connectivity index (χ1) is 10.2. The van der Waals surface area contributed by atoms with Gasteiger partial charge in [0.1, 0.15) is 0 Å². The molecule has 2 rings (SSSR count). The Kier molecular flexibility index (Phi) is 7.64. The van der Waals surface area contributed by atoms with Gasteiger partial charge in [-0.3, -0.25) is 9.11 Å². The van der Waals surface area contributed by atoms with Crippen molar-refractivity contribution in [2.45, 2.75) is 19.6 Å². The van der Waals surface area contributed by atoms with E-state index in [9.17, 15) is 16.8 Å². The monoisotopic (exact) mass is 402 g/mol. The van der Waals surface area contributed by atoms with Crippen LogP contribution in [0.3, 0.4) is 0 Å². The van der Waals surface area contributed by atoms with Crippen LogP contribution in [-0.2, 0) is 20.2 Å². The SMILES string of the molecule is O=S(=O)(O)c1ccc(SSc2ccc(S(=O)(=O)O)cc2)cc1.[NaH]. The van der Waals surface area contributed by atoms with Gasteiger partial charge in [-0.2, -0.15) is 16.8 Å². The van der Waals surface area contributed by atoms with Crippen molar-refractivity contribution in [1.29, 1.82) is 0 Å². The molecule has 0 heterocycles. The van der Waals surface area contributed by atoms with Crippen LogP contribution < -0.4 is 0 Å². The first-order valence-corrected chi connectivity index (χ1v) is 10.7. The maximum absolute atomic E-state index is 10.9. The minimum atomic E-state index is -4.20. The Bertz CT molecular complexity index is 785. The number of rotatable bonds is 5. The molecular weight excluding hydrogens is 391 g/mol. The summed E-state index contributed by atoms with van der Waals surface area (Å²) in [5.74, 6) is 0. The van der Waals surface area contributed by atoms with Crippen molar-refractivity contribution in [2.75, 3.05) is 0 Å². The van der Waals surface area contributed by atoms with Gasteiger partial charge in [-0.05, 0) is 48.5 Å². The molecule has 0 aliphatic rings. The summed E-state index contributed by atoms with van der Waals surface area (Å²) in [5.41, 5.74) is 0. The molecule has 0 aliphatic heterocycles. The van der Waals surface area contributed by atoms with Crippen molar-refractivity contribution in [2.24, 2.45) is 0 Å². The first kappa shape index (κ1) is 21.0. The van der Waals surface area contributed by atoms with Gasteiger partial charge < -0.3 is 0 Å². The number of benzene rings is 2. The Balaban J connectivity index is 0.00000264. The van der Waals surface area contributed by atoms with Gasteiger partial charge in [0, 0.05) is 9.79 Å². The van der Waals surface area contributed by atoms with Gasteiger partial charge in [0.05, 0.1) is 9.79 Å². The summed E-state index contributed by atoms with van der Waals surface area (Å²) >= 11 is 0. The van der Waals surface area contributed by atoms with Crippen LogP contribution in [0.1, 0.15) is 0 Å². The Morgan fingerprint density at radius 3 is 1.09 bits per heavy atom. The molecule has 0 aliphatic carbocycles. The van der Waals surface area contributed by atoms with E-state index in [1.54, 1.807) is 24.3 Å². The zero-order chi connectivity index (χ0) is 16.4. The van der Waals surface area contributed by atoms with Crippen LogP contribution in [-0.4, -0.2) is 55.5 Å². The van der Waals surface area contributed by atoms with Crippen molar-refractivity contribution < 1.29 is 25.9 Å². The van der Waals surface area contributed by atoms with E-state index in [2.05, 4.69) is 0 Å². The standard InChI is InChI=1S/C12H10O6S4.Na.H/c13-21(14,15)11-5-1-9(2-6-11)19-20-10-3-7-12(8-4-10)22(16,17)18;;/h1-8H,(H,13,14,15)(H,16,17,18);;. The fourth-order valence-corrected chi connectivity index (χ4v) is 4.32. The summed E-state index contributed by atoms with van der Waals surface area (Å²) in [7, 11) is -5.74. The van der Waals surface area contributed by atoms with Crippen molar-refractivity contribution in [3.8, 4) is 0 Å². The van der Waals surface area contributed by atoms with E-state index >= 15 is 0 Å². The normalized spacial score (nSPS) is 11.7. The van der Waals surface area contributed by atoms with Crippen LogP contribution >= 0.6 is 21.6 Å². The van der Waals surface area contributed by atoms with Gasteiger partial charge >= 0.3 is 29.6 Å². The van der Waals surface area contributed by atoms with Crippen LogP contribution in [0.2, 0.25) is 0 Å². The Hall–Kier alpha value is -0.0400. The van der Waals surface area contributed by atoms with Gasteiger partial charge in [-0.1, -0.05) is 21.6 Å². The van der Waals surface area contributed by atoms with Crippen molar-refractivity contribution in [3.63, 3.8) is 0 Å². The third-order valence-electron chi connectivity index (χ3n) is 2.48. The summed E-state index contributed by atoms with van der Waals surface area (Å²) in [6.45, 7) is 0. The molecule has 0 saturated carbocycles. The topological polar surface area (TPSA) is 109 Å². The van der Waals surface area contributed by atoms with E-state index in [0.717, 1.165) is 9.79 Å². The number of hydrogen-bond donors (Lipinski definition) is 2. The molecule has 11 heteroatoms. The van der Waals surface area contributed by atoms with Crippen LogP contribution in [0, 0.1) is 0 Å². The summed E-state index contributed by atoms with van der Waals surface area (Å²) in [6, 6.07) is 11.4. The molecule has 0 spiro atoms. The quantitative estimate of drug-likeness (QED) is 0.446. The van der Waals surface area contributed by atoms with Gasteiger partial charge in [-0.15, -0.1) is 0 Å². The van der Waals surface area contributed by atoms with Crippen LogP contribution in [0.25, 0.3) is 0 Å². The van der Waals surface area contributed by atoms with Crippen LogP contribution in [0.15, 0.2) is 68.1 Å². The van der Waals surface area contributed by atoms with E-state index in [4.69, 9.17) is 9.11 Å². The van der Waals surface area contributed by atoms with E-state index in [1.807, 2.05) is 0 Å². The molecule has 0 radical (unpaired) electrons. The molecule has 2 aromatic rings. The second-order valence-electron chi connectivity index (χ2n) is 4.06. The van der Waals surface area contributed by atoms with Crippen molar-refractivity contribution in [1.82, 2.24) is 0 Å². The average Bonchev–Trinajstić information content (AvgIpc) is 2.44. The average molecular weight is 402 g/mol. The third kappa shape index (κ3) is 6.40. The predicted octanol–water partition coefficient (Wildman–Crippen LogP) is 2.33. The molecule has 120 valence electrons. The van der Waals surface area contributed by atoms with Gasteiger partial charge in [0.15, 0.2) is 0 Å². The molecule has 0 bridgehead atoms. The summed E-state index contributed by atoms with van der Waals surface area (Å²) in [4.78, 5) is 1.16. The summed E-state index contributed by atoms with van der Waals surface area (Å²) in [5, 5.41) is 0. The molecule has 0 atom stereocenters. The van der Waals surface area contributed by atoms with Crippen molar-refractivity contribution in [3.05, 3.63) is 48.5 Å². The molecule has 2 N–H and O–H groups in total. The predicted molar refractivity (Wildman–Crippen MR) is 91.4 cm³/mol. The second-order valence-corrected chi connectivity index (χ2v) is 9.18. The molecule has 6 nitrogen and oxygen atoms in total. The Labute approximate surface area is 164 Å². The van der Waals surface area contributed by atoms with Gasteiger partial charge in [-0.25, -0.2) is 0 Å².